The fourth-order valence-corrected chi connectivity index (χ4v) is 1.35. The summed E-state index contributed by atoms with van der Waals surface area (Å²) in [7, 11) is 0. The maximum atomic E-state index is 5.94. The first-order valence-electron chi connectivity index (χ1n) is 5.43. The Morgan fingerprint density at radius 3 is 2.75 bits per heavy atom. The molecule has 0 spiro atoms. The van der Waals surface area contributed by atoms with E-state index in [1.165, 1.54) is 0 Å². The van der Waals surface area contributed by atoms with Gasteiger partial charge in [0.2, 0.25) is 0 Å². The van der Waals surface area contributed by atoms with E-state index < -0.39 is 0 Å². The highest BCUT2D eigenvalue weighted by Gasteiger charge is 2.00. The molecule has 0 radical (unpaired) electrons. The number of nitrogens with two attached hydrogens (primary N) is 1. The van der Waals surface area contributed by atoms with E-state index in [0.717, 1.165) is 12.2 Å². The van der Waals surface area contributed by atoms with E-state index >= 15 is 0 Å². The number of halogens is 1. The van der Waals surface area contributed by atoms with Gasteiger partial charge >= 0.3 is 0 Å². The number of para-hydroxylation sites is 1. The van der Waals surface area contributed by atoms with Crippen LogP contribution in [0.15, 0.2) is 24.3 Å². The first-order valence-corrected chi connectivity index (χ1v) is 5.81. The van der Waals surface area contributed by atoms with E-state index in [4.69, 9.17) is 26.8 Å². The van der Waals surface area contributed by atoms with Gasteiger partial charge in [0.25, 0.3) is 0 Å². The van der Waals surface area contributed by atoms with E-state index in [0.29, 0.717) is 24.8 Å². The molecule has 0 aromatic heterocycles. The van der Waals surface area contributed by atoms with Crippen LogP contribution in [-0.4, -0.2) is 25.9 Å². The molecule has 1 aromatic rings. The number of rotatable bonds is 7. The van der Waals surface area contributed by atoms with Crippen LogP contribution in [0.4, 0.5) is 0 Å². The van der Waals surface area contributed by atoms with Gasteiger partial charge in [-0.2, -0.15) is 0 Å². The Kier molecular flexibility index (Phi) is 6.23. The van der Waals surface area contributed by atoms with Gasteiger partial charge in [-0.1, -0.05) is 23.7 Å². The van der Waals surface area contributed by atoms with Crippen molar-refractivity contribution in [3.63, 3.8) is 0 Å². The molecule has 0 fully saturated rings. The molecule has 0 aliphatic heterocycles. The molecule has 1 atom stereocenters. The second-order valence-corrected chi connectivity index (χ2v) is 3.96. The third-order valence-corrected chi connectivity index (χ3v) is 2.43. The average molecular weight is 244 g/mol. The minimum Gasteiger partial charge on any atom is -0.492 e. The molecule has 0 aliphatic carbocycles. The van der Waals surface area contributed by atoms with Crippen molar-refractivity contribution in [2.45, 2.75) is 19.4 Å². The lowest BCUT2D eigenvalue weighted by atomic mass is 10.3. The monoisotopic (exact) mass is 243 g/mol. The van der Waals surface area contributed by atoms with Crippen LogP contribution < -0.4 is 10.5 Å². The molecule has 3 nitrogen and oxygen atoms in total. The van der Waals surface area contributed by atoms with Crippen molar-refractivity contribution in [2.24, 2.45) is 5.73 Å². The maximum Gasteiger partial charge on any atom is 0.137 e. The molecule has 1 unspecified atom stereocenters. The standard InChI is InChI=1S/C12H18ClNO2/c1-10(9-14)15-7-4-8-16-12-6-3-2-5-11(12)13/h2-3,5-6,10H,4,7-9,14H2,1H3. The van der Waals surface area contributed by atoms with Crippen molar-refractivity contribution >= 4 is 11.6 Å². The number of hydrogen-bond acceptors (Lipinski definition) is 3. The van der Waals surface area contributed by atoms with Gasteiger partial charge in [-0.05, 0) is 19.1 Å². The molecular formula is C12H18ClNO2. The number of benzene rings is 1. The van der Waals surface area contributed by atoms with E-state index in [9.17, 15) is 0 Å². The van der Waals surface area contributed by atoms with Crippen LogP contribution in [0.5, 0.6) is 5.75 Å². The molecule has 2 N–H and O–H groups in total. The Morgan fingerprint density at radius 2 is 2.06 bits per heavy atom. The zero-order chi connectivity index (χ0) is 11.8. The van der Waals surface area contributed by atoms with Gasteiger partial charge in [0.1, 0.15) is 5.75 Å². The molecular weight excluding hydrogens is 226 g/mol. The molecule has 1 aromatic carbocycles. The topological polar surface area (TPSA) is 44.5 Å². The smallest absolute Gasteiger partial charge is 0.137 e. The minimum absolute atomic E-state index is 0.111. The van der Waals surface area contributed by atoms with E-state index in [1.54, 1.807) is 0 Å². The van der Waals surface area contributed by atoms with Crippen molar-refractivity contribution in [1.29, 1.82) is 0 Å². The lowest BCUT2D eigenvalue weighted by Gasteiger charge is -2.11. The SMILES string of the molecule is CC(CN)OCCCOc1ccccc1Cl. The summed E-state index contributed by atoms with van der Waals surface area (Å²) in [5, 5.41) is 0.638. The second-order valence-electron chi connectivity index (χ2n) is 3.55. The maximum absolute atomic E-state index is 5.94. The molecule has 0 amide bonds. The summed E-state index contributed by atoms with van der Waals surface area (Å²) in [6.07, 6.45) is 0.940. The van der Waals surface area contributed by atoms with Crippen LogP contribution in [0, 0.1) is 0 Å². The van der Waals surface area contributed by atoms with Gasteiger partial charge in [-0.3, -0.25) is 0 Å². The molecule has 0 saturated heterocycles. The first-order chi connectivity index (χ1) is 7.74. The Morgan fingerprint density at radius 1 is 1.31 bits per heavy atom. The summed E-state index contributed by atoms with van der Waals surface area (Å²) in [4.78, 5) is 0. The van der Waals surface area contributed by atoms with Crippen LogP contribution in [0.2, 0.25) is 5.02 Å². The summed E-state index contributed by atoms with van der Waals surface area (Å²) < 4.78 is 10.9. The van der Waals surface area contributed by atoms with Crippen molar-refractivity contribution < 1.29 is 9.47 Å². The molecule has 1 rings (SSSR count). The molecule has 0 heterocycles. The van der Waals surface area contributed by atoms with Gasteiger partial charge in [0.05, 0.1) is 24.3 Å². The van der Waals surface area contributed by atoms with Gasteiger partial charge in [0.15, 0.2) is 0 Å². The van der Waals surface area contributed by atoms with Gasteiger partial charge in [-0.25, -0.2) is 0 Å². The lowest BCUT2D eigenvalue weighted by molar-refractivity contribution is 0.0631. The Balaban J connectivity index is 2.14. The second kappa shape index (κ2) is 7.49. The summed E-state index contributed by atoms with van der Waals surface area (Å²) in [5.41, 5.74) is 5.42. The largest absolute Gasteiger partial charge is 0.492 e. The van der Waals surface area contributed by atoms with E-state index in [2.05, 4.69) is 0 Å². The molecule has 0 saturated carbocycles. The normalized spacial score (nSPS) is 12.4. The van der Waals surface area contributed by atoms with Crippen LogP contribution >= 0.6 is 11.6 Å². The predicted octanol–water partition coefficient (Wildman–Crippen LogP) is 2.47. The number of hydrogen-bond donors (Lipinski definition) is 1. The molecule has 90 valence electrons. The zero-order valence-electron chi connectivity index (χ0n) is 9.49. The highest BCUT2D eigenvalue weighted by Crippen LogP contribution is 2.22. The average Bonchev–Trinajstić information content (AvgIpc) is 2.30. The van der Waals surface area contributed by atoms with E-state index in [1.807, 2.05) is 31.2 Å². The van der Waals surface area contributed by atoms with Gasteiger partial charge in [-0.15, -0.1) is 0 Å². The molecule has 0 aliphatic rings. The highest BCUT2D eigenvalue weighted by molar-refractivity contribution is 6.32. The summed E-state index contributed by atoms with van der Waals surface area (Å²) in [5.74, 6) is 0.719. The first kappa shape index (κ1) is 13.3. The lowest BCUT2D eigenvalue weighted by Crippen LogP contribution is -2.21. The highest BCUT2D eigenvalue weighted by atomic mass is 35.5. The fourth-order valence-electron chi connectivity index (χ4n) is 1.16. The van der Waals surface area contributed by atoms with Crippen LogP contribution in [-0.2, 0) is 4.74 Å². The van der Waals surface area contributed by atoms with Crippen molar-refractivity contribution in [3.05, 3.63) is 29.3 Å². The van der Waals surface area contributed by atoms with Crippen molar-refractivity contribution in [2.75, 3.05) is 19.8 Å². The van der Waals surface area contributed by atoms with Crippen molar-refractivity contribution in [1.82, 2.24) is 0 Å². The predicted molar refractivity (Wildman–Crippen MR) is 66.0 cm³/mol. The summed E-state index contributed by atoms with van der Waals surface area (Å²) in [6, 6.07) is 7.44. The quantitative estimate of drug-likeness (QED) is 0.749. The van der Waals surface area contributed by atoms with Crippen LogP contribution in [0.1, 0.15) is 13.3 Å². The van der Waals surface area contributed by atoms with Crippen LogP contribution in [0.3, 0.4) is 0 Å². The van der Waals surface area contributed by atoms with Gasteiger partial charge in [0, 0.05) is 13.0 Å². The third-order valence-electron chi connectivity index (χ3n) is 2.12. The van der Waals surface area contributed by atoms with E-state index in [-0.39, 0.29) is 6.10 Å². The Labute approximate surface area is 101 Å². The molecule has 16 heavy (non-hydrogen) atoms. The van der Waals surface area contributed by atoms with Crippen molar-refractivity contribution in [3.8, 4) is 5.75 Å². The molecule has 4 heteroatoms. The third kappa shape index (κ3) is 4.84. The summed E-state index contributed by atoms with van der Waals surface area (Å²) in [6.45, 7) is 3.75. The molecule has 0 bridgehead atoms. The van der Waals surface area contributed by atoms with Gasteiger partial charge < -0.3 is 15.2 Å². The number of ether oxygens (including phenoxy) is 2. The minimum atomic E-state index is 0.111. The zero-order valence-corrected chi connectivity index (χ0v) is 10.2. The fraction of sp³-hybridized carbons (Fsp3) is 0.500. The Bertz CT molecular complexity index is 307. The Hall–Kier alpha value is -0.770. The van der Waals surface area contributed by atoms with Crippen LogP contribution in [0.25, 0.3) is 0 Å². The summed E-state index contributed by atoms with van der Waals surface area (Å²) >= 11 is 5.94.